The fraction of sp³-hybridized carbons (Fsp3) is 0.324. The van der Waals surface area contributed by atoms with Crippen LogP contribution in [-0.2, 0) is 15.1 Å². The number of likely N-dealkylation sites (tertiary alicyclic amines) is 1. The molecule has 4 heterocycles. The van der Waals surface area contributed by atoms with Gasteiger partial charge in [0, 0.05) is 33.9 Å². The zero-order chi connectivity index (χ0) is 28.6. The number of allylic oxidation sites excluding steroid dienone is 1. The van der Waals surface area contributed by atoms with E-state index in [1.54, 1.807) is 0 Å². The Balaban J connectivity index is 1.39. The highest BCUT2D eigenvalue weighted by atomic mass is 79.9. The minimum absolute atomic E-state index is 0.0278. The van der Waals surface area contributed by atoms with Crippen molar-refractivity contribution in [3.8, 4) is 0 Å². The van der Waals surface area contributed by atoms with Gasteiger partial charge in [0.05, 0.1) is 6.04 Å². The highest BCUT2D eigenvalue weighted by Crippen LogP contribution is 2.67. The molecule has 1 N–H and O–H groups in total. The molecular weight excluding hydrogens is 608 g/mol. The third-order valence-electron chi connectivity index (χ3n) is 9.88. The number of amides is 2. The molecular formula is C34H31BrN4O2S. The molecule has 4 unspecified atom stereocenters. The van der Waals surface area contributed by atoms with Crippen molar-refractivity contribution in [2.24, 2.45) is 4.99 Å². The van der Waals surface area contributed by atoms with Crippen LogP contribution in [0.3, 0.4) is 0 Å². The maximum Gasteiger partial charge on any atom is 0.251 e. The molecule has 42 heavy (non-hydrogen) atoms. The van der Waals surface area contributed by atoms with Crippen molar-refractivity contribution in [2.75, 3.05) is 18.9 Å². The molecule has 3 aromatic carbocycles. The van der Waals surface area contributed by atoms with Crippen molar-refractivity contribution in [3.05, 3.63) is 111 Å². The highest BCUT2D eigenvalue weighted by Gasteiger charge is 2.78. The predicted octanol–water partition coefficient (Wildman–Crippen LogP) is 6.97. The van der Waals surface area contributed by atoms with Crippen LogP contribution in [-0.4, -0.2) is 45.1 Å². The van der Waals surface area contributed by atoms with Crippen LogP contribution in [0.4, 0.5) is 5.69 Å². The SMILES string of the molecule is CN1CC(c2ccc(Br)cc2)C2(SC3=NC4=C(CCCCC4)C(c4ccccc4)N3C2=O)C12C(=O)Nc1ccccc12. The van der Waals surface area contributed by atoms with E-state index in [2.05, 4.69) is 62.5 Å². The number of hydrogen-bond acceptors (Lipinski definition) is 5. The molecule has 4 atom stereocenters. The van der Waals surface area contributed by atoms with Gasteiger partial charge >= 0.3 is 0 Å². The number of thioether (sulfide) groups is 1. The van der Waals surface area contributed by atoms with E-state index in [9.17, 15) is 4.79 Å². The summed E-state index contributed by atoms with van der Waals surface area (Å²) in [5.41, 5.74) is 4.98. The summed E-state index contributed by atoms with van der Waals surface area (Å²) in [6.07, 6.45) is 5.21. The number of aliphatic imine (C=N–C) groups is 1. The van der Waals surface area contributed by atoms with E-state index in [-0.39, 0.29) is 23.8 Å². The lowest BCUT2D eigenvalue weighted by Crippen LogP contribution is -2.62. The number of fused-ring (bicyclic) bond motifs is 4. The van der Waals surface area contributed by atoms with Crippen LogP contribution in [0.25, 0.3) is 0 Å². The average Bonchev–Trinajstić information content (AvgIpc) is 3.47. The van der Waals surface area contributed by atoms with Crippen LogP contribution in [0.5, 0.6) is 0 Å². The number of rotatable bonds is 2. The van der Waals surface area contributed by atoms with E-state index in [0.29, 0.717) is 6.54 Å². The van der Waals surface area contributed by atoms with E-state index in [1.165, 1.54) is 23.8 Å². The molecule has 0 bridgehead atoms. The Labute approximate surface area is 258 Å². The lowest BCUT2D eigenvalue weighted by atomic mass is 9.71. The summed E-state index contributed by atoms with van der Waals surface area (Å²) in [6.45, 7) is 0.562. The number of likely N-dealkylation sites (N-methyl/N-ethyl adjacent to an activating group) is 1. The van der Waals surface area contributed by atoms with Gasteiger partial charge in [0.15, 0.2) is 10.7 Å². The first-order valence-electron chi connectivity index (χ1n) is 14.7. The fourth-order valence-electron chi connectivity index (χ4n) is 8.13. The number of carbonyl (C=O) groups is 2. The second-order valence-electron chi connectivity index (χ2n) is 11.9. The van der Waals surface area contributed by atoms with Gasteiger partial charge in [0.1, 0.15) is 4.75 Å². The van der Waals surface area contributed by atoms with Gasteiger partial charge in [-0.1, -0.05) is 94.8 Å². The zero-order valence-electron chi connectivity index (χ0n) is 23.3. The number of anilines is 1. The Morgan fingerprint density at radius 2 is 1.64 bits per heavy atom. The van der Waals surface area contributed by atoms with Crippen LogP contribution in [0, 0.1) is 0 Å². The standard InChI is InChI=1S/C34H31BrN4O2S/c1-38-20-26(21-16-18-23(35)19-17-21)34(33(38)25-13-8-9-15-28(25)36-30(33)40)31(41)39-29(22-10-4-2-5-11-22)24-12-6-3-7-14-27(24)37-32(39)42-34/h2,4-5,8-11,13,15-19,26,29H,3,6-7,12,14,20H2,1H3,(H,36,40). The normalized spacial score (nSPS) is 30.3. The third kappa shape index (κ3) is 3.40. The molecule has 0 radical (unpaired) electrons. The van der Waals surface area contributed by atoms with Crippen molar-refractivity contribution in [1.82, 2.24) is 9.80 Å². The molecule has 8 heteroatoms. The summed E-state index contributed by atoms with van der Waals surface area (Å²) in [4.78, 5) is 39.4. The maximum atomic E-state index is 15.6. The van der Waals surface area contributed by atoms with Gasteiger partial charge in [0.2, 0.25) is 5.91 Å². The van der Waals surface area contributed by atoms with Gasteiger partial charge in [-0.15, -0.1) is 0 Å². The van der Waals surface area contributed by atoms with Crippen molar-refractivity contribution in [2.45, 2.75) is 54.3 Å². The van der Waals surface area contributed by atoms with Crippen LogP contribution < -0.4 is 5.32 Å². The molecule has 3 aromatic rings. The second kappa shape index (κ2) is 9.66. The van der Waals surface area contributed by atoms with Gasteiger partial charge in [-0.25, -0.2) is 4.99 Å². The quantitative estimate of drug-likeness (QED) is 0.329. The first-order valence-corrected chi connectivity index (χ1v) is 16.3. The number of amidine groups is 1. The minimum atomic E-state index is -1.19. The Morgan fingerprint density at radius 3 is 2.45 bits per heavy atom. The maximum absolute atomic E-state index is 15.6. The molecule has 0 saturated carbocycles. The summed E-state index contributed by atoms with van der Waals surface area (Å²) >= 11 is 5.11. The monoisotopic (exact) mass is 638 g/mol. The number of hydrogen-bond donors (Lipinski definition) is 1. The number of para-hydroxylation sites is 1. The molecule has 2 fully saturated rings. The molecule has 2 spiro atoms. The number of nitrogens with zero attached hydrogens (tertiary/aromatic N) is 3. The zero-order valence-corrected chi connectivity index (χ0v) is 25.7. The predicted molar refractivity (Wildman–Crippen MR) is 170 cm³/mol. The molecule has 4 aliphatic heterocycles. The van der Waals surface area contributed by atoms with Crippen LogP contribution in [0.15, 0.2) is 99.6 Å². The average molecular weight is 640 g/mol. The summed E-state index contributed by atoms with van der Waals surface area (Å²) < 4.78 is -0.169. The number of halogens is 1. The summed E-state index contributed by atoms with van der Waals surface area (Å²) in [5.74, 6) is -0.410. The Kier molecular flexibility index (Phi) is 6.08. The topological polar surface area (TPSA) is 65.0 Å². The molecule has 212 valence electrons. The van der Waals surface area contributed by atoms with Crippen molar-refractivity contribution >= 4 is 50.4 Å². The summed E-state index contributed by atoms with van der Waals surface area (Å²) in [5, 5.41) is 3.90. The van der Waals surface area contributed by atoms with Gasteiger partial charge < -0.3 is 5.32 Å². The summed E-state index contributed by atoms with van der Waals surface area (Å²) in [6, 6.07) is 26.3. The van der Waals surface area contributed by atoms with Crippen molar-refractivity contribution in [1.29, 1.82) is 0 Å². The molecule has 5 aliphatic rings. The highest BCUT2D eigenvalue weighted by molar-refractivity contribution is 9.10. The lowest BCUT2D eigenvalue weighted by molar-refractivity contribution is -0.139. The van der Waals surface area contributed by atoms with E-state index >= 15 is 4.79 Å². The Hall–Kier alpha value is -3.20. The molecule has 2 amide bonds. The van der Waals surface area contributed by atoms with Crippen molar-refractivity contribution in [3.63, 3.8) is 0 Å². The van der Waals surface area contributed by atoms with E-state index in [4.69, 9.17) is 4.99 Å². The minimum Gasteiger partial charge on any atom is -0.324 e. The van der Waals surface area contributed by atoms with Gasteiger partial charge in [-0.3, -0.25) is 19.4 Å². The summed E-state index contributed by atoms with van der Waals surface area (Å²) in [7, 11) is 2.00. The molecule has 1 aliphatic carbocycles. The van der Waals surface area contributed by atoms with Gasteiger partial charge in [-0.2, -0.15) is 0 Å². The van der Waals surface area contributed by atoms with E-state index in [1.807, 2.05) is 54.4 Å². The van der Waals surface area contributed by atoms with Crippen LogP contribution in [0.1, 0.15) is 60.8 Å². The number of benzene rings is 3. The Bertz CT molecular complexity index is 1690. The van der Waals surface area contributed by atoms with E-state index < -0.39 is 10.3 Å². The lowest BCUT2D eigenvalue weighted by Gasteiger charge is -2.42. The molecule has 8 rings (SSSR count). The van der Waals surface area contributed by atoms with Crippen LogP contribution in [0.2, 0.25) is 0 Å². The Morgan fingerprint density at radius 1 is 0.905 bits per heavy atom. The van der Waals surface area contributed by atoms with Crippen LogP contribution >= 0.6 is 27.7 Å². The van der Waals surface area contributed by atoms with Gasteiger partial charge in [-0.05, 0) is 67.6 Å². The molecule has 6 nitrogen and oxygen atoms in total. The third-order valence-corrected chi connectivity index (χ3v) is 12.0. The first kappa shape index (κ1) is 26.4. The molecule has 0 aromatic heterocycles. The largest absolute Gasteiger partial charge is 0.324 e. The van der Waals surface area contributed by atoms with Gasteiger partial charge in [0.25, 0.3) is 5.91 Å². The second-order valence-corrected chi connectivity index (χ2v) is 14.1. The smallest absolute Gasteiger partial charge is 0.251 e. The van der Waals surface area contributed by atoms with E-state index in [0.717, 1.165) is 63.4 Å². The van der Waals surface area contributed by atoms with Crippen molar-refractivity contribution < 1.29 is 9.59 Å². The number of nitrogens with one attached hydrogen (secondary N) is 1. The molecule has 2 saturated heterocycles. The number of carbonyl (C=O) groups excluding carboxylic acids is 2. The fourth-order valence-corrected chi connectivity index (χ4v) is 10.2. The first-order chi connectivity index (χ1) is 20.5.